The Bertz CT molecular complexity index is 881. The summed E-state index contributed by atoms with van der Waals surface area (Å²) in [4.78, 5) is 13.5. The summed E-state index contributed by atoms with van der Waals surface area (Å²) in [6.45, 7) is 3.55. The maximum Gasteiger partial charge on any atom is 0.420 e. The number of thioether (sulfide) groups is 1. The van der Waals surface area contributed by atoms with E-state index in [4.69, 9.17) is 4.74 Å². The van der Waals surface area contributed by atoms with E-state index >= 15 is 0 Å². The van der Waals surface area contributed by atoms with Crippen LogP contribution in [-0.2, 0) is 11.0 Å². The first kappa shape index (κ1) is 21.5. The molecule has 2 aromatic rings. The van der Waals surface area contributed by atoms with Crippen LogP contribution in [0.1, 0.15) is 25.8 Å². The molecular weight excluding hydrogens is 406 g/mol. The van der Waals surface area contributed by atoms with E-state index in [1.807, 2.05) is 0 Å². The Hall–Kier alpha value is -2.22. The number of fused-ring (bicyclic) bond motifs is 1. The molecule has 3 rings (SSSR count). The minimum absolute atomic E-state index is 0.162. The standard InChI is InChI=1S/C21H21F4NO2S/c1-20(2,12-27)13-28-18-11-19-17(10-16(18)21(23,24)25)26(8-3-9-29-19)15-6-4-14(22)5-7-15/h4-7,10-12H,3,8-9,13H2,1-2H3. The second-order valence-corrected chi connectivity index (χ2v) is 8.68. The van der Waals surface area contributed by atoms with E-state index < -0.39 is 23.0 Å². The lowest BCUT2D eigenvalue weighted by molar-refractivity contribution is -0.139. The Morgan fingerprint density at radius 3 is 2.48 bits per heavy atom. The fourth-order valence-corrected chi connectivity index (χ4v) is 3.93. The van der Waals surface area contributed by atoms with E-state index in [1.54, 1.807) is 30.9 Å². The van der Waals surface area contributed by atoms with Crippen molar-refractivity contribution in [3.05, 3.63) is 47.8 Å². The molecule has 0 saturated heterocycles. The van der Waals surface area contributed by atoms with Crippen LogP contribution >= 0.6 is 11.8 Å². The second kappa shape index (κ2) is 8.26. The van der Waals surface area contributed by atoms with Gasteiger partial charge in [0.1, 0.15) is 17.9 Å². The first-order valence-corrected chi connectivity index (χ1v) is 10.1. The summed E-state index contributed by atoms with van der Waals surface area (Å²) < 4.78 is 60.1. The van der Waals surface area contributed by atoms with Crippen molar-refractivity contribution < 1.29 is 27.1 Å². The lowest BCUT2D eigenvalue weighted by atomic mass is 9.97. The summed E-state index contributed by atoms with van der Waals surface area (Å²) in [6.07, 6.45) is -3.21. The molecule has 0 spiro atoms. The highest BCUT2D eigenvalue weighted by atomic mass is 32.2. The summed E-state index contributed by atoms with van der Waals surface area (Å²) in [5.74, 6) is 0.0327. The van der Waals surface area contributed by atoms with Crippen LogP contribution in [0.15, 0.2) is 41.3 Å². The van der Waals surface area contributed by atoms with Crippen LogP contribution in [0.3, 0.4) is 0 Å². The molecule has 0 fully saturated rings. The van der Waals surface area contributed by atoms with Crippen molar-refractivity contribution in [1.82, 2.24) is 0 Å². The lowest BCUT2D eigenvalue weighted by Gasteiger charge is -2.27. The third-order valence-corrected chi connectivity index (χ3v) is 5.63. The first-order valence-electron chi connectivity index (χ1n) is 9.11. The number of halogens is 4. The van der Waals surface area contributed by atoms with Gasteiger partial charge in [0.15, 0.2) is 0 Å². The maximum atomic E-state index is 13.8. The van der Waals surface area contributed by atoms with Crippen molar-refractivity contribution in [1.29, 1.82) is 0 Å². The zero-order chi connectivity index (χ0) is 21.2. The number of benzene rings is 2. The molecule has 0 N–H and O–H groups in total. The average molecular weight is 427 g/mol. The van der Waals surface area contributed by atoms with Crippen LogP contribution in [0.25, 0.3) is 0 Å². The Balaban J connectivity index is 2.07. The summed E-state index contributed by atoms with van der Waals surface area (Å²) in [6, 6.07) is 8.16. The van der Waals surface area contributed by atoms with Crippen molar-refractivity contribution in [3.8, 4) is 5.75 Å². The van der Waals surface area contributed by atoms with E-state index in [9.17, 15) is 22.4 Å². The molecule has 0 unspecified atom stereocenters. The number of nitrogens with zero attached hydrogens (tertiary/aromatic N) is 1. The topological polar surface area (TPSA) is 29.5 Å². The van der Waals surface area contributed by atoms with E-state index in [0.29, 0.717) is 29.1 Å². The zero-order valence-corrected chi connectivity index (χ0v) is 16.9. The number of hydrogen-bond donors (Lipinski definition) is 0. The number of ether oxygens (including phenoxy) is 1. The van der Waals surface area contributed by atoms with Crippen LogP contribution in [0.4, 0.5) is 28.9 Å². The number of alkyl halides is 3. The molecule has 0 aliphatic carbocycles. The molecule has 0 saturated carbocycles. The van der Waals surface area contributed by atoms with Gasteiger partial charge in [-0.05, 0) is 62.4 Å². The van der Waals surface area contributed by atoms with Gasteiger partial charge in [0, 0.05) is 17.1 Å². The fraction of sp³-hybridized carbons (Fsp3) is 0.381. The van der Waals surface area contributed by atoms with Crippen molar-refractivity contribution >= 4 is 29.4 Å². The highest BCUT2D eigenvalue weighted by Gasteiger charge is 2.37. The predicted molar refractivity (Wildman–Crippen MR) is 106 cm³/mol. The van der Waals surface area contributed by atoms with Gasteiger partial charge in [0.05, 0.1) is 23.3 Å². The smallest absolute Gasteiger partial charge is 0.420 e. The van der Waals surface area contributed by atoms with Gasteiger partial charge >= 0.3 is 6.18 Å². The summed E-state index contributed by atoms with van der Waals surface area (Å²) >= 11 is 1.45. The van der Waals surface area contributed by atoms with Crippen molar-refractivity contribution in [3.63, 3.8) is 0 Å². The lowest BCUT2D eigenvalue weighted by Crippen LogP contribution is -2.24. The van der Waals surface area contributed by atoms with Gasteiger partial charge in [0.2, 0.25) is 0 Å². The van der Waals surface area contributed by atoms with Gasteiger partial charge in [0.25, 0.3) is 0 Å². The van der Waals surface area contributed by atoms with Gasteiger partial charge in [-0.15, -0.1) is 11.8 Å². The molecular formula is C21H21F4NO2S. The molecule has 0 radical (unpaired) electrons. The number of carbonyl (C=O) groups is 1. The van der Waals surface area contributed by atoms with Crippen LogP contribution in [0, 0.1) is 11.2 Å². The van der Waals surface area contributed by atoms with Crippen molar-refractivity contribution in [2.75, 3.05) is 23.8 Å². The van der Waals surface area contributed by atoms with E-state index in [2.05, 4.69) is 0 Å². The van der Waals surface area contributed by atoms with E-state index in [1.165, 1.54) is 30.0 Å². The van der Waals surface area contributed by atoms with Crippen molar-refractivity contribution in [2.24, 2.45) is 5.41 Å². The van der Waals surface area contributed by atoms with Gasteiger partial charge < -0.3 is 14.4 Å². The summed E-state index contributed by atoms with van der Waals surface area (Å²) in [5, 5.41) is 0. The zero-order valence-electron chi connectivity index (χ0n) is 16.1. The van der Waals surface area contributed by atoms with Crippen LogP contribution < -0.4 is 9.64 Å². The number of rotatable bonds is 5. The molecule has 2 aromatic carbocycles. The second-order valence-electron chi connectivity index (χ2n) is 7.54. The quantitative estimate of drug-likeness (QED) is 0.427. The molecule has 3 nitrogen and oxygen atoms in total. The Morgan fingerprint density at radius 2 is 1.86 bits per heavy atom. The van der Waals surface area contributed by atoms with Gasteiger partial charge in [-0.1, -0.05) is 0 Å². The normalized spacial score (nSPS) is 14.9. The monoisotopic (exact) mass is 427 g/mol. The predicted octanol–water partition coefficient (Wildman–Crippen LogP) is 6.08. The minimum Gasteiger partial charge on any atom is -0.492 e. The SMILES string of the molecule is CC(C)(C=O)COc1cc2c(cc1C(F)(F)F)N(c1ccc(F)cc1)CCCS2. The Labute approximate surface area is 171 Å². The molecule has 0 bridgehead atoms. The van der Waals surface area contributed by atoms with E-state index in [0.717, 1.165) is 18.2 Å². The van der Waals surface area contributed by atoms with Crippen LogP contribution in [-0.4, -0.2) is 25.2 Å². The fourth-order valence-electron chi connectivity index (χ4n) is 2.93. The van der Waals surface area contributed by atoms with Crippen LogP contribution in [0.2, 0.25) is 0 Å². The Kier molecular flexibility index (Phi) is 6.12. The third kappa shape index (κ3) is 5.04. The molecule has 8 heteroatoms. The number of anilines is 2. The molecule has 0 amide bonds. The highest BCUT2D eigenvalue weighted by Crippen LogP contribution is 2.46. The molecule has 1 heterocycles. The van der Waals surface area contributed by atoms with Crippen LogP contribution in [0.5, 0.6) is 5.75 Å². The number of hydrogen-bond acceptors (Lipinski definition) is 4. The number of carbonyl (C=O) groups excluding carboxylic acids is 1. The molecule has 29 heavy (non-hydrogen) atoms. The summed E-state index contributed by atoms with van der Waals surface area (Å²) in [7, 11) is 0. The molecule has 0 aromatic heterocycles. The highest BCUT2D eigenvalue weighted by molar-refractivity contribution is 7.99. The molecule has 156 valence electrons. The largest absolute Gasteiger partial charge is 0.492 e. The third-order valence-electron chi connectivity index (χ3n) is 4.50. The number of aldehydes is 1. The van der Waals surface area contributed by atoms with Crippen molar-refractivity contribution in [2.45, 2.75) is 31.3 Å². The minimum atomic E-state index is -4.62. The van der Waals surface area contributed by atoms with E-state index in [-0.39, 0.29) is 12.4 Å². The summed E-state index contributed by atoms with van der Waals surface area (Å²) in [5.41, 5.74) is -0.761. The average Bonchev–Trinajstić information content (AvgIpc) is 2.87. The molecule has 1 aliphatic heterocycles. The molecule has 0 atom stereocenters. The van der Waals surface area contributed by atoms with Gasteiger partial charge in [-0.2, -0.15) is 13.2 Å². The van der Waals surface area contributed by atoms with Gasteiger partial charge in [-0.3, -0.25) is 0 Å². The first-order chi connectivity index (χ1) is 13.6. The molecule has 1 aliphatic rings. The van der Waals surface area contributed by atoms with Gasteiger partial charge in [-0.25, -0.2) is 4.39 Å². The Morgan fingerprint density at radius 1 is 1.17 bits per heavy atom. The maximum absolute atomic E-state index is 13.8.